The molecule has 0 aliphatic carbocycles. The second-order valence-electron chi connectivity index (χ2n) is 8.29. The third-order valence-electron chi connectivity index (χ3n) is 5.81. The molecule has 2 aromatic carbocycles. The first-order valence-electron chi connectivity index (χ1n) is 11.7. The highest BCUT2D eigenvalue weighted by molar-refractivity contribution is 7.99. The van der Waals surface area contributed by atoms with Crippen molar-refractivity contribution in [3.8, 4) is 11.5 Å². The van der Waals surface area contributed by atoms with Crippen LogP contribution in [-0.2, 0) is 20.5 Å². The molecule has 36 heavy (non-hydrogen) atoms. The Morgan fingerprint density at radius 3 is 2.64 bits per heavy atom. The molecule has 1 saturated heterocycles. The molecular weight excluding hydrogens is 495 g/mol. The molecule has 6 nitrogen and oxygen atoms in total. The van der Waals surface area contributed by atoms with Crippen LogP contribution in [-0.4, -0.2) is 49.2 Å². The minimum atomic E-state index is -4.59. The van der Waals surface area contributed by atoms with Crippen molar-refractivity contribution < 1.29 is 37.0 Å². The molecular formula is C26H26F3NO5S. The maximum Gasteiger partial charge on any atom is 0.417 e. The van der Waals surface area contributed by atoms with Gasteiger partial charge in [0.15, 0.2) is 11.5 Å². The third-order valence-corrected chi connectivity index (χ3v) is 6.88. The summed E-state index contributed by atoms with van der Waals surface area (Å²) in [7, 11) is 0. The van der Waals surface area contributed by atoms with Gasteiger partial charge in [0.1, 0.15) is 19.3 Å². The molecule has 2 aromatic rings. The molecule has 1 fully saturated rings. The molecule has 0 aromatic heterocycles. The van der Waals surface area contributed by atoms with Gasteiger partial charge < -0.3 is 19.1 Å². The predicted octanol–water partition coefficient (Wildman–Crippen LogP) is 5.59. The summed E-state index contributed by atoms with van der Waals surface area (Å²) in [6.45, 7) is 3.11. The topological polar surface area (TPSA) is 65.1 Å². The highest BCUT2D eigenvalue weighted by atomic mass is 32.2. The summed E-state index contributed by atoms with van der Waals surface area (Å²) in [4.78, 5) is 27.0. The van der Waals surface area contributed by atoms with Gasteiger partial charge in [-0.05, 0) is 68.2 Å². The van der Waals surface area contributed by atoms with Gasteiger partial charge in [-0.1, -0.05) is 17.8 Å². The number of piperidine rings is 1. The number of rotatable bonds is 6. The molecule has 0 spiro atoms. The van der Waals surface area contributed by atoms with Crippen LogP contribution < -0.4 is 9.47 Å². The largest absolute Gasteiger partial charge is 0.486 e. The molecule has 0 N–H and O–H groups in total. The summed E-state index contributed by atoms with van der Waals surface area (Å²) < 4.78 is 57.8. The van der Waals surface area contributed by atoms with Crippen molar-refractivity contribution in [2.45, 2.75) is 48.2 Å². The van der Waals surface area contributed by atoms with E-state index in [2.05, 4.69) is 0 Å². The zero-order chi connectivity index (χ0) is 25.7. The average Bonchev–Trinajstić information content (AvgIpc) is 2.87. The Morgan fingerprint density at radius 2 is 1.89 bits per heavy atom. The lowest BCUT2D eigenvalue weighted by Crippen LogP contribution is -2.48. The monoisotopic (exact) mass is 521 g/mol. The molecule has 0 radical (unpaired) electrons. The number of carbonyl (C=O) groups excluding carboxylic acids is 2. The predicted molar refractivity (Wildman–Crippen MR) is 128 cm³/mol. The fourth-order valence-corrected chi connectivity index (χ4v) is 5.09. The number of alkyl halides is 3. The first-order chi connectivity index (χ1) is 17.3. The Hall–Kier alpha value is -3.14. The standard InChI is InChI=1S/C26H26F3NO5S/c1-2-33-25(32)20-5-3-4-12-30(20)24(31)11-7-17-6-10-23(19(15-17)26(27,28)29)36-18-8-9-21-22(16-18)35-14-13-34-21/h6-11,15-16,20H,2-5,12-14H2,1H3. The molecule has 4 rings (SSSR count). The lowest BCUT2D eigenvalue weighted by Gasteiger charge is -2.33. The van der Waals surface area contributed by atoms with Crippen LogP contribution in [0.25, 0.3) is 6.08 Å². The quantitative estimate of drug-likeness (QED) is 0.365. The summed E-state index contributed by atoms with van der Waals surface area (Å²) >= 11 is 0.972. The molecule has 2 aliphatic heterocycles. The SMILES string of the molecule is CCOC(=O)C1CCCCN1C(=O)C=Cc1ccc(Sc2ccc3c(c2)OCCO3)c(C(F)(F)F)c1. The number of fused-ring (bicyclic) bond motifs is 1. The molecule has 2 heterocycles. The van der Waals surface area contributed by atoms with E-state index in [-0.39, 0.29) is 17.1 Å². The molecule has 1 amide bonds. The molecule has 2 aliphatic rings. The summed E-state index contributed by atoms with van der Waals surface area (Å²) in [6.07, 6.45) is 0.00971. The van der Waals surface area contributed by atoms with E-state index in [1.54, 1.807) is 25.1 Å². The Morgan fingerprint density at radius 1 is 1.11 bits per heavy atom. The van der Waals surface area contributed by atoms with Gasteiger partial charge in [0, 0.05) is 22.4 Å². The van der Waals surface area contributed by atoms with Crippen LogP contribution >= 0.6 is 11.8 Å². The minimum Gasteiger partial charge on any atom is -0.486 e. The van der Waals surface area contributed by atoms with Crippen molar-refractivity contribution in [3.63, 3.8) is 0 Å². The number of hydrogen-bond donors (Lipinski definition) is 0. The van der Waals surface area contributed by atoms with Gasteiger partial charge in [0.2, 0.25) is 5.91 Å². The number of hydrogen-bond acceptors (Lipinski definition) is 6. The summed E-state index contributed by atoms with van der Waals surface area (Å²) in [5.74, 6) is 0.164. The molecule has 192 valence electrons. The normalized spacial score (nSPS) is 17.8. The van der Waals surface area contributed by atoms with E-state index in [1.807, 2.05) is 0 Å². The molecule has 0 saturated carbocycles. The van der Waals surface area contributed by atoms with Crippen molar-refractivity contribution in [2.24, 2.45) is 0 Å². The molecule has 10 heteroatoms. The second kappa shape index (κ2) is 11.3. The van der Waals surface area contributed by atoms with Crippen molar-refractivity contribution in [3.05, 3.63) is 53.6 Å². The van der Waals surface area contributed by atoms with Gasteiger partial charge in [-0.25, -0.2) is 4.79 Å². The number of amides is 1. The van der Waals surface area contributed by atoms with E-state index >= 15 is 0 Å². The summed E-state index contributed by atoms with van der Waals surface area (Å²) in [5, 5.41) is 0. The van der Waals surface area contributed by atoms with Crippen molar-refractivity contribution in [2.75, 3.05) is 26.4 Å². The zero-order valence-corrected chi connectivity index (χ0v) is 20.5. The number of carbonyl (C=O) groups is 2. The fraction of sp³-hybridized carbons (Fsp3) is 0.385. The van der Waals surface area contributed by atoms with Crippen LogP contribution in [0.4, 0.5) is 13.2 Å². The minimum absolute atomic E-state index is 0.0288. The van der Waals surface area contributed by atoms with Crippen LogP contribution in [0.15, 0.2) is 52.3 Å². The van der Waals surface area contributed by atoms with Crippen LogP contribution in [0.3, 0.4) is 0 Å². The van der Waals surface area contributed by atoms with Gasteiger partial charge in [-0.15, -0.1) is 0 Å². The molecule has 1 unspecified atom stereocenters. The van der Waals surface area contributed by atoms with Crippen LogP contribution in [0.1, 0.15) is 37.3 Å². The van der Waals surface area contributed by atoms with E-state index in [0.717, 1.165) is 30.7 Å². The van der Waals surface area contributed by atoms with Gasteiger partial charge in [-0.2, -0.15) is 13.2 Å². The summed E-state index contributed by atoms with van der Waals surface area (Å²) in [6, 6.07) is 8.27. The van der Waals surface area contributed by atoms with E-state index in [9.17, 15) is 22.8 Å². The Kier molecular flexibility index (Phi) is 8.13. The Bertz CT molecular complexity index is 1150. The van der Waals surface area contributed by atoms with Crippen LogP contribution in [0.5, 0.6) is 11.5 Å². The second-order valence-corrected chi connectivity index (χ2v) is 9.40. The van der Waals surface area contributed by atoms with E-state index < -0.39 is 29.7 Å². The Labute approximate surface area is 211 Å². The highest BCUT2D eigenvalue weighted by Gasteiger charge is 2.34. The Balaban J connectivity index is 1.53. The number of ether oxygens (including phenoxy) is 3. The maximum absolute atomic E-state index is 13.9. The number of halogens is 3. The van der Waals surface area contributed by atoms with Crippen LogP contribution in [0, 0.1) is 0 Å². The fourth-order valence-electron chi connectivity index (χ4n) is 4.12. The number of esters is 1. The van der Waals surface area contributed by atoms with E-state index in [1.165, 1.54) is 29.2 Å². The summed E-state index contributed by atoms with van der Waals surface area (Å²) in [5.41, 5.74) is -0.578. The average molecular weight is 522 g/mol. The van der Waals surface area contributed by atoms with Crippen LogP contribution in [0.2, 0.25) is 0 Å². The lowest BCUT2D eigenvalue weighted by atomic mass is 10.0. The van der Waals surface area contributed by atoms with Gasteiger partial charge in [0.25, 0.3) is 0 Å². The first kappa shape index (κ1) is 25.9. The lowest BCUT2D eigenvalue weighted by molar-refractivity contribution is -0.155. The van der Waals surface area contributed by atoms with E-state index in [4.69, 9.17) is 14.2 Å². The zero-order valence-electron chi connectivity index (χ0n) is 19.7. The first-order valence-corrected chi connectivity index (χ1v) is 12.5. The van der Waals surface area contributed by atoms with Gasteiger partial charge >= 0.3 is 12.1 Å². The molecule has 1 atom stereocenters. The number of likely N-dealkylation sites (tertiary alicyclic amines) is 1. The third kappa shape index (κ3) is 6.16. The highest BCUT2D eigenvalue weighted by Crippen LogP contribution is 2.42. The smallest absolute Gasteiger partial charge is 0.417 e. The van der Waals surface area contributed by atoms with Gasteiger partial charge in [0.05, 0.1) is 12.2 Å². The maximum atomic E-state index is 13.9. The van der Waals surface area contributed by atoms with Crippen molar-refractivity contribution >= 4 is 29.7 Å². The van der Waals surface area contributed by atoms with Crippen molar-refractivity contribution in [1.82, 2.24) is 4.90 Å². The molecule has 0 bridgehead atoms. The number of nitrogens with zero attached hydrogens (tertiary/aromatic N) is 1. The van der Waals surface area contributed by atoms with Crippen molar-refractivity contribution in [1.29, 1.82) is 0 Å². The van der Waals surface area contributed by atoms with E-state index in [0.29, 0.717) is 42.6 Å². The number of benzene rings is 2. The van der Waals surface area contributed by atoms with Gasteiger partial charge in [-0.3, -0.25) is 4.79 Å².